The third-order valence-electron chi connectivity index (χ3n) is 5.24. The number of benzene rings is 2. The van der Waals surface area contributed by atoms with Gasteiger partial charge < -0.3 is 0 Å². The predicted octanol–water partition coefficient (Wildman–Crippen LogP) is 4.54. The highest BCUT2D eigenvalue weighted by Crippen LogP contribution is 2.32. The van der Waals surface area contributed by atoms with Crippen LogP contribution in [-0.2, 0) is 18.6 Å². The van der Waals surface area contributed by atoms with Crippen LogP contribution in [0.1, 0.15) is 28.9 Å². The Labute approximate surface area is 168 Å². The SMILES string of the molecule is Cc1ccccc1-n1cnnc1SCc1nn(-c2ccccc2)c2c1CCC2. The number of hydrogen-bond donors (Lipinski definition) is 0. The average Bonchev–Trinajstić information content (AvgIpc) is 3.45. The summed E-state index contributed by atoms with van der Waals surface area (Å²) in [7, 11) is 0. The Kier molecular flexibility index (Phi) is 4.49. The highest BCUT2D eigenvalue weighted by atomic mass is 32.2. The van der Waals surface area contributed by atoms with E-state index < -0.39 is 0 Å². The molecule has 5 nitrogen and oxygen atoms in total. The molecule has 0 fully saturated rings. The summed E-state index contributed by atoms with van der Waals surface area (Å²) in [4.78, 5) is 0. The smallest absolute Gasteiger partial charge is 0.196 e. The summed E-state index contributed by atoms with van der Waals surface area (Å²) in [5, 5.41) is 14.4. The van der Waals surface area contributed by atoms with Crippen molar-refractivity contribution >= 4 is 11.8 Å². The Morgan fingerprint density at radius 1 is 1.00 bits per heavy atom. The van der Waals surface area contributed by atoms with Crippen LogP contribution in [0.4, 0.5) is 0 Å². The van der Waals surface area contributed by atoms with Gasteiger partial charge in [-0.3, -0.25) is 4.57 Å². The van der Waals surface area contributed by atoms with Crippen molar-refractivity contribution in [2.75, 3.05) is 0 Å². The molecule has 28 heavy (non-hydrogen) atoms. The lowest BCUT2D eigenvalue weighted by molar-refractivity contribution is 0.771. The summed E-state index contributed by atoms with van der Waals surface area (Å²) >= 11 is 1.70. The first kappa shape index (κ1) is 17.3. The zero-order valence-electron chi connectivity index (χ0n) is 15.7. The Morgan fingerprint density at radius 2 is 1.82 bits per heavy atom. The molecule has 6 heteroatoms. The second kappa shape index (κ2) is 7.28. The van der Waals surface area contributed by atoms with Gasteiger partial charge in [0.05, 0.1) is 17.1 Å². The molecule has 2 heterocycles. The zero-order chi connectivity index (χ0) is 18.9. The van der Waals surface area contributed by atoms with Crippen molar-refractivity contribution in [2.45, 2.75) is 37.1 Å². The zero-order valence-corrected chi connectivity index (χ0v) is 16.6. The molecular weight excluding hydrogens is 366 g/mol. The van der Waals surface area contributed by atoms with Crippen molar-refractivity contribution in [3.05, 3.63) is 83.4 Å². The molecule has 1 aliphatic rings. The molecular formula is C22H21N5S. The molecule has 0 atom stereocenters. The van der Waals surface area contributed by atoms with Crippen LogP contribution in [0.2, 0.25) is 0 Å². The van der Waals surface area contributed by atoms with E-state index in [0.29, 0.717) is 0 Å². The second-order valence-electron chi connectivity index (χ2n) is 7.03. The fourth-order valence-corrected chi connectivity index (χ4v) is 4.75. The normalized spacial score (nSPS) is 13.0. The molecule has 0 aliphatic heterocycles. The Bertz CT molecular complexity index is 1110. The van der Waals surface area contributed by atoms with E-state index in [1.165, 1.54) is 28.9 Å². The van der Waals surface area contributed by atoms with Crippen LogP contribution in [0.5, 0.6) is 0 Å². The van der Waals surface area contributed by atoms with Gasteiger partial charge in [-0.25, -0.2) is 4.68 Å². The van der Waals surface area contributed by atoms with E-state index in [9.17, 15) is 0 Å². The molecule has 0 saturated carbocycles. The molecule has 5 rings (SSSR count). The van der Waals surface area contributed by atoms with E-state index in [0.717, 1.165) is 35.1 Å². The monoisotopic (exact) mass is 387 g/mol. The van der Waals surface area contributed by atoms with Crippen LogP contribution >= 0.6 is 11.8 Å². The maximum atomic E-state index is 4.96. The van der Waals surface area contributed by atoms with Crippen LogP contribution in [0.25, 0.3) is 11.4 Å². The third-order valence-corrected chi connectivity index (χ3v) is 6.20. The largest absolute Gasteiger partial charge is 0.276 e. The molecule has 140 valence electrons. The van der Waals surface area contributed by atoms with Gasteiger partial charge in [0, 0.05) is 11.4 Å². The second-order valence-corrected chi connectivity index (χ2v) is 7.97. The summed E-state index contributed by atoms with van der Waals surface area (Å²) in [5.41, 5.74) is 7.41. The molecule has 0 N–H and O–H groups in total. The van der Waals surface area contributed by atoms with Crippen molar-refractivity contribution in [3.8, 4) is 11.4 Å². The number of aromatic nitrogens is 5. The summed E-state index contributed by atoms with van der Waals surface area (Å²) in [5.74, 6) is 0.798. The lowest BCUT2D eigenvalue weighted by Crippen LogP contribution is -2.01. The van der Waals surface area contributed by atoms with E-state index >= 15 is 0 Å². The quantitative estimate of drug-likeness (QED) is 0.472. The van der Waals surface area contributed by atoms with Gasteiger partial charge >= 0.3 is 0 Å². The highest BCUT2D eigenvalue weighted by Gasteiger charge is 2.23. The van der Waals surface area contributed by atoms with Crippen LogP contribution in [0.3, 0.4) is 0 Å². The first-order chi connectivity index (χ1) is 13.8. The van der Waals surface area contributed by atoms with Crippen molar-refractivity contribution in [3.63, 3.8) is 0 Å². The lowest BCUT2D eigenvalue weighted by atomic mass is 10.2. The third kappa shape index (κ3) is 3.03. The molecule has 2 aromatic heterocycles. The standard InChI is InChI=1S/C22H21N5S/c1-16-8-5-6-12-20(16)26-15-23-24-22(26)28-14-19-18-11-7-13-21(18)27(25-19)17-9-3-2-4-10-17/h2-6,8-10,12,15H,7,11,13-14H2,1H3. The van der Waals surface area contributed by atoms with Gasteiger partial charge in [-0.1, -0.05) is 48.2 Å². The number of hydrogen-bond acceptors (Lipinski definition) is 4. The molecule has 1 aliphatic carbocycles. The van der Waals surface area contributed by atoms with Crippen molar-refractivity contribution < 1.29 is 0 Å². The summed E-state index contributed by atoms with van der Waals surface area (Å²) in [6, 6.07) is 18.7. The minimum Gasteiger partial charge on any atom is -0.276 e. The van der Waals surface area contributed by atoms with E-state index in [-0.39, 0.29) is 0 Å². The minimum atomic E-state index is 0.798. The van der Waals surface area contributed by atoms with Crippen LogP contribution < -0.4 is 0 Å². The van der Waals surface area contributed by atoms with Gasteiger partial charge in [0.1, 0.15) is 6.33 Å². The summed E-state index contributed by atoms with van der Waals surface area (Å²) in [6.07, 6.45) is 5.21. The lowest BCUT2D eigenvalue weighted by Gasteiger charge is -2.08. The number of nitrogens with zero attached hydrogens (tertiary/aromatic N) is 5. The fourth-order valence-electron chi connectivity index (χ4n) is 3.87. The molecule has 0 saturated heterocycles. The van der Waals surface area contributed by atoms with Gasteiger partial charge in [-0.15, -0.1) is 10.2 Å². The van der Waals surface area contributed by atoms with Gasteiger partial charge in [0.25, 0.3) is 0 Å². The highest BCUT2D eigenvalue weighted by molar-refractivity contribution is 7.98. The number of aryl methyl sites for hydroxylation is 1. The molecule has 0 radical (unpaired) electrons. The molecule has 2 aromatic carbocycles. The van der Waals surface area contributed by atoms with Gasteiger partial charge in [0.15, 0.2) is 5.16 Å². The summed E-state index contributed by atoms with van der Waals surface area (Å²) < 4.78 is 4.19. The van der Waals surface area contributed by atoms with Crippen LogP contribution in [0, 0.1) is 6.92 Å². The van der Waals surface area contributed by atoms with Crippen molar-refractivity contribution in [2.24, 2.45) is 0 Å². The maximum Gasteiger partial charge on any atom is 0.196 e. The van der Waals surface area contributed by atoms with E-state index in [1.54, 1.807) is 18.1 Å². The topological polar surface area (TPSA) is 48.5 Å². The van der Waals surface area contributed by atoms with Crippen LogP contribution in [-0.4, -0.2) is 24.5 Å². The van der Waals surface area contributed by atoms with E-state index in [1.807, 2.05) is 12.1 Å². The predicted molar refractivity (Wildman–Crippen MR) is 111 cm³/mol. The molecule has 0 spiro atoms. The summed E-state index contributed by atoms with van der Waals surface area (Å²) in [6.45, 7) is 2.11. The first-order valence-electron chi connectivity index (χ1n) is 9.55. The minimum absolute atomic E-state index is 0.798. The van der Waals surface area contributed by atoms with Crippen molar-refractivity contribution in [1.82, 2.24) is 24.5 Å². The number of rotatable bonds is 5. The number of para-hydroxylation sites is 2. The Balaban J connectivity index is 1.44. The first-order valence-corrected chi connectivity index (χ1v) is 10.5. The molecule has 4 aromatic rings. The number of fused-ring (bicyclic) bond motifs is 1. The Morgan fingerprint density at radius 3 is 2.68 bits per heavy atom. The van der Waals surface area contributed by atoms with E-state index in [2.05, 4.69) is 68.8 Å². The van der Waals surface area contributed by atoms with Gasteiger partial charge in [0.2, 0.25) is 0 Å². The maximum absolute atomic E-state index is 4.96. The Hall–Kier alpha value is -2.86. The molecule has 0 unspecified atom stereocenters. The average molecular weight is 388 g/mol. The van der Waals surface area contributed by atoms with Gasteiger partial charge in [-0.05, 0) is 55.5 Å². The van der Waals surface area contributed by atoms with Gasteiger partial charge in [-0.2, -0.15) is 5.10 Å². The fraction of sp³-hybridized carbons (Fsp3) is 0.227. The molecule has 0 amide bonds. The van der Waals surface area contributed by atoms with E-state index in [4.69, 9.17) is 5.10 Å². The molecule has 0 bridgehead atoms. The number of thioether (sulfide) groups is 1. The van der Waals surface area contributed by atoms with Crippen LogP contribution in [0.15, 0.2) is 66.1 Å². The van der Waals surface area contributed by atoms with Crippen molar-refractivity contribution in [1.29, 1.82) is 0 Å².